The molecule has 0 aromatic carbocycles. The third kappa shape index (κ3) is 2.76. The maximum atomic E-state index is 12.1. The highest BCUT2D eigenvalue weighted by Gasteiger charge is 2.28. The number of anilines is 2. The maximum Gasteiger partial charge on any atom is 0.405 e. The number of hydrogen-bond donors (Lipinski definition) is 2. The summed E-state index contributed by atoms with van der Waals surface area (Å²) in [6.07, 6.45) is -2.91. The number of nitrogens with one attached hydrogen (secondary N) is 1. The SMILES string of the molecule is N#Cc1c(NCC(F)(F)F)nn(-c2nccs2)c1N. The lowest BCUT2D eigenvalue weighted by molar-refractivity contribution is -0.115. The third-order valence-corrected chi connectivity index (χ3v) is 2.84. The van der Waals surface area contributed by atoms with Gasteiger partial charge in [0.1, 0.15) is 24.0 Å². The highest BCUT2D eigenvalue weighted by molar-refractivity contribution is 7.12. The molecule has 6 nitrogen and oxygen atoms in total. The average Bonchev–Trinajstić information content (AvgIpc) is 2.92. The van der Waals surface area contributed by atoms with Crippen LogP contribution in [-0.2, 0) is 0 Å². The zero-order valence-electron chi connectivity index (χ0n) is 9.27. The zero-order valence-corrected chi connectivity index (χ0v) is 10.1. The topological polar surface area (TPSA) is 92.5 Å². The molecule has 0 aliphatic heterocycles. The van der Waals surface area contributed by atoms with Gasteiger partial charge in [0.2, 0.25) is 5.13 Å². The van der Waals surface area contributed by atoms with E-state index in [1.54, 1.807) is 11.4 Å². The second kappa shape index (κ2) is 4.77. The molecule has 0 saturated heterocycles. The Morgan fingerprint density at radius 2 is 2.26 bits per heavy atom. The number of nitriles is 1. The monoisotopic (exact) mass is 288 g/mol. The molecule has 10 heteroatoms. The molecule has 19 heavy (non-hydrogen) atoms. The van der Waals surface area contributed by atoms with E-state index < -0.39 is 12.7 Å². The van der Waals surface area contributed by atoms with Crippen LogP contribution in [0.3, 0.4) is 0 Å². The molecule has 2 aromatic rings. The highest BCUT2D eigenvalue weighted by Crippen LogP contribution is 2.26. The predicted molar refractivity (Wildman–Crippen MR) is 62.9 cm³/mol. The van der Waals surface area contributed by atoms with E-state index in [2.05, 4.69) is 10.1 Å². The summed E-state index contributed by atoms with van der Waals surface area (Å²) >= 11 is 1.20. The number of alkyl halides is 3. The van der Waals surface area contributed by atoms with Crippen molar-refractivity contribution >= 4 is 23.0 Å². The fraction of sp³-hybridized carbons (Fsp3) is 0.222. The van der Waals surface area contributed by atoms with Crippen molar-refractivity contribution in [2.45, 2.75) is 6.18 Å². The molecule has 0 fully saturated rings. The normalized spacial score (nSPS) is 11.3. The van der Waals surface area contributed by atoms with E-state index in [4.69, 9.17) is 11.0 Å². The van der Waals surface area contributed by atoms with E-state index in [1.165, 1.54) is 17.5 Å². The molecule has 0 aliphatic rings. The van der Waals surface area contributed by atoms with Gasteiger partial charge in [0, 0.05) is 11.6 Å². The van der Waals surface area contributed by atoms with Crippen molar-refractivity contribution in [3.63, 3.8) is 0 Å². The van der Waals surface area contributed by atoms with Gasteiger partial charge >= 0.3 is 6.18 Å². The second-order valence-electron chi connectivity index (χ2n) is 3.42. The lowest BCUT2D eigenvalue weighted by atomic mass is 10.3. The van der Waals surface area contributed by atoms with Crippen LogP contribution in [0.2, 0.25) is 0 Å². The van der Waals surface area contributed by atoms with E-state index in [0.717, 1.165) is 4.68 Å². The van der Waals surface area contributed by atoms with Crippen LogP contribution in [0.15, 0.2) is 11.6 Å². The molecule has 0 radical (unpaired) electrons. The number of aromatic nitrogens is 3. The van der Waals surface area contributed by atoms with Crippen LogP contribution in [-0.4, -0.2) is 27.5 Å². The first-order valence-corrected chi connectivity index (χ1v) is 5.79. The molecule has 0 bridgehead atoms. The van der Waals surface area contributed by atoms with Gasteiger partial charge in [-0.15, -0.1) is 16.4 Å². The summed E-state index contributed by atoms with van der Waals surface area (Å²) < 4.78 is 37.5. The van der Waals surface area contributed by atoms with Crippen LogP contribution < -0.4 is 11.1 Å². The number of nitrogens with zero attached hydrogens (tertiary/aromatic N) is 4. The standard InChI is InChI=1S/C9H7F3N6S/c10-9(11,12)4-16-7-5(3-13)6(14)18(17-7)8-15-1-2-19-8/h1-2H,4,14H2,(H,16,17). The molecule has 2 rings (SSSR count). The van der Waals surface area contributed by atoms with E-state index in [1.807, 2.05) is 5.32 Å². The van der Waals surface area contributed by atoms with Crippen LogP contribution in [0.1, 0.15) is 5.56 Å². The van der Waals surface area contributed by atoms with Crippen molar-refractivity contribution in [1.82, 2.24) is 14.8 Å². The summed E-state index contributed by atoms with van der Waals surface area (Å²) in [7, 11) is 0. The fourth-order valence-corrected chi connectivity index (χ4v) is 1.92. The zero-order chi connectivity index (χ0) is 14.0. The summed E-state index contributed by atoms with van der Waals surface area (Å²) in [5, 5.41) is 16.8. The largest absolute Gasteiger partial charge is 0.405 e. The Balaban J connectivity index is 2.35. The van der Waals surface area contributed by atoms with Crippen molar-refractivity contribution in [3.8, 4) is 11.2 Å². The van der Waals surface area contributed by atoms with Crippen molar-refractivity contribution in [3.05, 3.63) is 17.1 Å². The molecular formula is C9H7F3N6S. The molecule has 0 atom stereocenters. The number of nitrogens with two attached hydrogens (primary N) is 1. The Morgan fingerprint density at radius 1 is 1.53 bits per heavy atom. The molecule has 100 valence electrons. The van der Waals surface area contributed by atoms with Crippen LogP contribution >= 0.6 is 11.3 Å². The maximum absolute atomic E-state index is 12.1. The van der Waals surface area contributed by atoms with Gasteiger partial charge in [0.25, 0.3) is 0 Å². The average molecular weight is 288 g/mol. The van der Waals surface area contributed by atoms with Crippen molar-refractivity contribution in [2.75, 3.05) is 17.6 Å². The highest BCUT2D eigenvalue weighted by atomic mass is 32.1. The summed E-state index contributed by atoms with van der Waals surface area (Å²) in [4.78, 5) is 3.92. The van der Waals surface area contributed by atoms with Gasteiger partial charge in [-0.25, -0.2) is 4.98 Å². The van der Waals surface area contributed by atoms with E-state index >= 15 is 0 Å². The Morgan fingerprint density at radius 3 is 2.79 bits per heavy atom. The van der Waals surface area contributed by atoms with Gasteiger partial charge in [-0.1, -0.05) is 0 Å². The van der Waals surface area contributed by atoms with Gasteiger partial charge in [-0.05, 0) is 0 Å². The van der Waals surface area contributed by atoms with E-state index in [0.29, 0.717) is 5.13 Å². The molecule has 0 aliphatic carbocycles. The van der Waals surface area contributed by atoms with Gasteiger partial charge in [-0.3, -0.25) is 0 Å². The summed E-state index contributed by atoms with van der Waals surface area (Å²) in [5.41, 5.74) is 5.53. The van der Waals surface area contributed by atoms with Crippen LogP contribution in [0.25, 0.3) is 5.13 Å². The summed E-state index contributed by atoms with van der Waals surface area (Å²) in [6.45, 7) is -1.30. The smallest absolute Gasteiger partial charge is 0.382 e. The molecular weight excluding hydrogens is 281 g/mol. The molecule has 0 spiro atoms. The quantitative estimate of drug-likeness (QED) is 0.897. The van der Waals surface area contributed by atoms with Crippen molar-refractivity contribution in [2.24, 2.45) is 0 Å². The first-order valence-electron chi connectivity index (χ1n) is 4.91. The minimum Gasteiger partial charge on any atom is -0.382 e. The Bertz CT molecular complexity index is 609. The van der Waals surface area contributed by atoms with Gasteiger partial charge in [0.05, 0.1) is 0 Å². The number of halogens is 3. The minimum atomic E-state index is -4.41. The predicted octanol–water partition coefficient (Wildman–Crippen LogP) is 1.76. The second-order valence-corrected chi connectivity index (χ2v) is 4.29. The molecule has 3 N–H and O–H groups in total. The van der Waals surface area contributed by atoms with Crippen LogP contribution in [0.4, 0.5) is 24.8 Å². The fourth-order valence-electron chi connectivity index (χ4n) is 1.32. The number of hydrogen-bond acceptors (Lipinski definition) is 6. The van der Waals surface area contributed by atoms with Crippen LogP contribution in [0, 0.1) is 11.3 Å². The Kier molecular flexibility index (Phi) is 3.30. The molecule has 0 amide bonds. The molecule has 0 unspecified atom stereocenters. The molecule has 2 aromatic heterocycles. The summed E-state index contributed by atoms with van der Waals surface area (Å²) in [6, 6.07) is 1.72. The number of nitrogen functional groups attached to an aromatic ring is 1. The number of rotatable bonds is 3. The Hall–Kier alpha value is -2.28. The first kappa shape index (κ1) is 13.2. The van der Waals surface area contributed by atoms with Crippen molar-refractivity contribution in [1.29, 1.82) is 5.26 Å². The van der Waals surface area contributed by atoms with E-state index in [9.17, 15) is 13.2 Å². The third-order valence-electron chi connectivity index (χ3n) is 2.09. The lowest BCUT2D eigenvalue weighted by Crippen LogP contribution is -2.21. The first-order chi connectivity index (χ1) is 8.92. The van der Waals surface area contributed by atoms with E-state index in [-0.39, 0.29) is 17.2 Å². The lowest BCUT2D eigenvalue weighted by Gasteiger charge is -2.06. The summed E-state index contributed by atoms with van der Waals surface area (Å²) in [5.74, 6) is -0.269. The Labute approximate surface area is 109 Å². The molecule has 0 saturated carbocycles. The van der Waals surface area contributed by atoms with Gasteiger partial charge in [0.15, 0.2) is 5.82 Å². The van der Waals surface area contributed by atoms with Crippen molar-refractivity contribution < 1.29 is 13.2 Å². The molecule has 2 heterocycles. The van der Waals surface area contributed by atoms with Crippen LogP contribution in [0.5, 0.6) is 0 Å². The van der Waals surface area contributed by atoms with Gasteiger partial charge < -0.3 is 11.1 Å². The minimum absolute atomic E-state index is 0.0536. The number of thiazole rings is 1. The van der Waals surface area contributed by atoms with Gasteiger partial charge in [-0.2, -0.15) is 23.1 Å².